The van der Waals surface area contributed by atoms with Crippen LogP contribution in [0, 0.1) is 11.6 Å². The van der Waals surface area contributed by atoms with E-state index in [9.17, 15) is 18.4 Å². The van der Waals surface area contributed by atoms with Gasteiger partial charge in [-0.2, -0.15) is 0 Å². The number of rotatable bonds is 9. The number of nitrogens with one attached hydrogen (secondary N) is 3. The Labute approximate surface area is 198 Å². The van der Waals surface area contributed by atoms with E-state index in [2.05, 4.69) is 27.9 Å². The molecule has 34 heavy (non-hydrogen) atoms. The summed E-state index contributed by atoms with van der Waals surface area (Å²) in [6.07, 6.45) is 2.01. The van der Waals surface area contributed by atoms with E-state index in [0.717, 1.165) is 30.0 Å². The molecule has 0 bridgehead atoms. The van der Waals surface area contributed by atoms with Crippen LogP contribution in [-0.4, -0.2) is 41.9 Å². The lowest BCUT2D eigenvalue weighted by Crippen LogP contribution is -2.46. The van der Waals surface area contributed by atoms with Crippen LogP contribution in [0.5, 0.6) is 0 Å². The molecule has 3 rings (SSSR count). The zero-order valence-corrected chi connectivity index (χ0v) is 19.8. The average Bonchev–Trinajstić information content (AvgIpc) is 3.05. The van der Waals surface area contributed by atoms with Crippen molar-refractivity contribution in [1.82, 2.24) is 20.9 Å². The molecule has 0 unspecified atom stereocenters. The van der Waals surface area contributed by atoms with E-state index in [1.807, 2.05) is 24.3 Å². The lowest BCUT2D eigenvalue weighted by molar-refractivity contribution is -0.130. The molecule has 0 aliphatic carbocycles. The van der Waals surface area contributed by atoms with Crippen LogP contribution in [0.1, 0.15) is 43.4 Å². The van der Waals surface area contributed by atoms with Crippen LogP contribution in [-0.2, 0) is 24.3 Å². The standard InChI is InChI=1S/C25H31F2N5O2/c1-4-5-12-29-24(34)30-15-17-6-8-18(9-7-17)16-32-22(33)25(2,31-23(32)28-3)14-19-10-11-20(26)13-21(19)27/h6-11,13H,4-5,12,14-16H2,1-3H3,(H,28,31)(H2,29,30,34)/t25-/m1/s1. The summed E-state index contributed by atoms with van der Waals surface area (Å²) < 4.78 is 27.5. The number of nitrogens with zero attached hydrogens (tertiary/aromatic N) is 2. The van der Waals surface area contributed by atoms with Gasteiger partial charge in [-0.1, -0.05) is 43.7 Å². The summed E-state index contributed by atoms with van der Waals surface area (Å²) in [4.78, 5) is 30.8. The molecule has 0 aromatic heterocycles. The van der Waals surface area contributed by atoms with Crippen LogP contribution < -0.4 is 16.0 Å². The molecule has 3 N–H and O–H groups in total. The number of guanidine groups is 1. The number of halogens is 2. The Bertz CT molecular complexity index is 1060. The van der Waals surface area contributed by atoms with E-state index in [0.29, 0.717) is 19.0 Å². The number of carbonyl (C=O) groups is 2. The SMILES string of the molecule is CCCCNC(=O)NCc1ccc(CN2C(=O)[C@@](C)(Cc3ccc(F)cc3F)NC2=NC)cc1. The quantitative estimate of drug-likeness (QED) is 0.490. The summed E-state index contributed by atoms with van der Waals surface area (Å²) in [5.74, 6) is -1.20. The van der Waals surface area contributed by atoms with E-state index in [1.54, 1.807) is 14.0 Å². The molecule has 2 aromatic rings. The summed E-state index contributed by atoms with van der Waals surface area (Å²) in [5, 5.41) is 8.73. The third-order valence-electron chi connectivity index (χ3n) is 5.76. The van der Waals surface area contributed by atoms with Gasteiger partial charge < -0.3 is 16.0 Å². The predicted molar refractivity (Wildman–Crippen MR) is 127 cm³/mol. The Kier molecular flexibility index (Phi) is 8.20. The van der Waals surface area contributed by atoms with Crippen LogP contribution in [0.2, 0.25) is 0 Å². The van der Waals surface area contributed by atoms with Crippen molar-refractivity contribution in [2.75, 3.05) is 13.6 Å². The number of carbonyl (C=O) groups excluding carboxylic acids is 2. The van der Waals surface area contributed by atoms with Gasteiger partial charge in [-0.15, -0.1) is 0 Å². The zero-order valence-electron chi connectivity index (χ0n) is 19.8. The van der Waals surface area contributed by atoms with Gasteiger partial charge in [-0.3, -0.25) is 14.7 Å². The van der Waals surface area contributed by atoms with Crippen LogP contribution in [0.15, 0.2) is 47.5 Å². The first-order chi connectivity index (χ1) is 16.3. The molecule has 1 aliphatic heterocycles. The second kappa shape index (κ2) is 11.1. The van der Waals surface area contributed by atoms with Gasteiger partial charge in [-0.25, -0.2) is 13.6 Å². The fraction of sp³-hybridized carbons (Fsp3) is 0.400. The van der Waals surface area contributed by atoms with Gasteiger partial charge in [0.2, 0.25) is 5.96 Å². The van der Waals surface area contributed by atoms with E-state index in [4.69, 9.17) is 0 Å². The molecule has 182 valence electrons. The van der Waals surface area contributed by atoms with Crippen molar-refractivity contribution in [3.63, 3.8) is 0 Å². The average molecular weight is 472 g/mol. The molecule has 2 aromatic carbocycles. The summed E-state index contributed by atoms with van der Waals surface area (Å²) in [7, 11) is 1.58. The molecule has 1 saturated heterocycles. The molecule has 3 amide bonds. The van der Waals surface area contributed by atoms with Gasteiger partial charge >= 0.3 is 6.03 Å². The van der Waals surface area contributed by atoms with Gasteiger partial charge in [0.1, 0.15) is 17.2 Å². The molecule has 7 nitrogen and oxygen atoms in total. The van der Waals surface area contributed by atoms with E-state index >= 15 is 0 Å². The van der Waals surface area contributed by atoms with Crippen molar-refractivity contribution >= 4 is 17.9 Å². The van der Waals surface area contributed by atoms with E-state index in [-0.39, 0.29) is 30.5 Å². The molecule has 0 saturated carbocycles. The topological polar surface area (TPSA) is 85.8 Å². The summed E-state index contributed by atoms with van der Waals surface area (Å²) in [6, 6.07) is 10.7. The zero-order chi connectivity index (χ0) is 24.7. The third-order valence-corrected chi connectivity index (χ3v) is 5.76. The normalized spacial score (nSPS) is 18.8. The third kappa shape index (κ3) is 6.09. The predicted octanol–water partition coefficient (Wildman–Crippen LogP) is 3.48. The highest BCUT2D eigenvalue weighted by Crippen LogP contribution is 2.25. The van der Waals surface area contributed by atoms with Gasteiger partial charge in [0.15, 0.2) is 0 Å². The van der Waals surface area contributed by atoms with Crippen molar-refractivity contribution in [2.45, 2.75) is 51.7 Å². The largest absolute Gasteiger partial charge is 0.341 e. The Morgan fingerprint density at radius 1 is 1.12 bits per heavy atom. The van der Waals surface area contributed by atoms with Gasteiger partial charge in [0.05, 0.1) is 6.54 Å². The van der Waals surface area contributed by atoms with E-state index < -0.39 is 17.2 Å². The lowest BCUT2D eigenvalue weighted by atomic mass is 9.92. The molecule has 0 radical (unpaired) electrons. The monoisotopic (exact) mass is 471 g/mol. The molecular weight excluding hydrogens is 440 g/mol. The van der Waals surface area contributed by atoms with Crippen LogP contribution in [0.4, 0.5) is 13.6 Å². The van der Waals surface area contributed by atoms with Crippen LogP contribution >= 0.6 is 0 Å². The van der Waals surface area contributed by atoms with Crippen molar-refractivity contribution in [3.05, 3.63) is 70.8 Å². The molecular formula is C25H31F2N5O2. The maximum Gasteiger partial charge on any atom is 0.315 e. The molecule has 1 aliphatic rings. The highest BCUT2D eigenvalue weighted by Gasteiger charge is 2.46. The van der Waals surface area contributed by atoms with Crippen molar-refractivity contribution in [3.8, 4) is 0 Å². The van der Waals surface area contributed by atoms with Crippen molar-refractivity contribution in [1.29, 1.82) is 0 Å². The summed E-state index contributed by atoms with van der Waals surface area (Å²) in [6.45, 7) is 5.07. The number of urea groups is 1. The number of unbranched alkanes of at least 4 members (excludes halogenated alkanes) is 1. The second-order valence-corrected chi connectivity index (χ2v) is 8.59. The Hall–Kier alpha value is -3.49. The fourth-order valence-electron chi connectivity index (χ4n) is 3.82. The molecule has 9 heteroatoms. The minimum atomic E-state index is -1.11. The van der Waals surface area contributed by atoms with Crippen molar-refractivity contribution in [2.24, 2.45) is 4.99 Å². The first kappa shape index (κ1) is 25.1. The first-order valence-electron chi connectivity index (χ1n) is 11.4. The minimum absolute atomic E-state index is 0.0540. The van der Waals surface area contributed by atoms with Crippen LogP contribution in [0.25, 0.3) is 0 Å². The van der Waals surface area contributed by atoms with Crippen LogP contribution in [0.3, 0.4) is 0 Å². The Morgan fingerprint density at radius 3 is 2.47 bits per heavy atom. The lowest BCUT2D eigenvalue weighted by Gasteiger charge is -2.22. The van der Waals surface area contributed by atoms with Crippen molar-refractivity contribution < 1.29 is 18.4 Å². The second-order valence-electron chi connectivity index (χ2n) is 8.59. The summed E-state index contributed by atoms with van der Waals surface area (Å²) >= 11 is 0. The number of aliphatic imine (C=N–C) groups is 1. The smallest absolute Gasteiger partial charge is 0.315 e. The molecule has 1 fully saturated rings. The van der Waals surface area contributed by atoms with Gasteiger partial charge in [-0.05, 0) is 36.1 Å². The number of hydrogen-bond acceptors (Lipinski definition) is 3. The number of amides is 3. The highest BCUT2D eigenvalue weighted by molar-refractivity contribution is 6.08. The Balaban J connectivity index is 1.63. The fourth-order valence-corrected chi connectivity index (χ4v) is 3.82. The van der Waals surface area contributed by atoms with Gasteiger partial charge in [0, 0.05) is 32.6 Å². The maximum atomic E-state index is 14.2. The Morgan fingerprint density at radius 2 is 1.82 bits per heavy atom. The highest BCUT2D eigenvalue weighted by atomic mass is 19.1. The maximum absolute atomic E-state index is 14.2. The van der Waals surface area contributed by atoms with E-state index in [1.165, 1.54) is 17.0 Å². The van der Waals surface area contributed by atoms with Gasteiger partial charge in [0.25, 0.3) is 5.91 Å². The molecule has 1 atom stereocenters. The minimum Gasteiger partial charge on any atom is -0.341 e. The number of benzene rings is 2. The number of hydrogen-bond donors (Lipinski definition) is 3. The first-order valence-corrected chi connectivity index (χ1v) is 11.4. The molecule has 1 heterocycles. The molecule has 0 spiro atoms. The summed E-state index contributed by atoms with van der Waals surface area (Å²) in [5.41, 5.74) is 0.950.